The number of nitrogens with two attached hydrogens (primary N) is 1. The number of amides is 1. The van der Waals surface area contributed by atoms with Crippen molar-refractivity contribution < 1.29 is 13.2 Å². The molecule has 0 aliphatic rings. The van der Waals surface area contributed by atoms with Crippen LogP contribution in [-0.4, -0.2) is 24.1 Å². The van der Waals surface area contributed by atoms with Gasteiger partial charge in [-0.15, -0.1) is 0 Å². The number of hydrogen-bond acceptors (Lipinski definition) is 4. The fourth-order valence-corrected chi connectivity index (χ4v) is 2.27. The molecule has 20 heavy (non-hydrogen) atoms. The molecular formula is C12H14N4O3S. The molecular weight excluding hydrogens is 280 g/mol. The van der Waals surface area contributed by atoms with Gasteiger partial charge in [-0.05, 0) is 36.8 Å². The lowest BCUT2D eigenvalue weighted by atomic mass is 10.2. The molecule has 8 heteroatoms. The van der Waals surface area contributed by atoms with Gasteiger partial charge in [-0.2, -0.15) is 5.10 Å². The van der Waals surface area contributed by atoms with Crippen LogP contribution in [-0.2, 0) is 17.1 Å². The molecule has 0 saturated heterocycles. The number of nitrogens with zero attached hydrogens (tertiary/aromatic N) is 2. The molecule has 0 aliphatic heterocycles. The Hall–Kier alpha value is -2.19. The third kappa shape index (κ3) is 3.03. The monoisotopic (exact) mass is 294 g/mol. The van der Waals surface area contributed by atoms with Gasteiger partial charge in [-0.1, -0.05) is 0 Å². The fourth-order valence-electron chi connectivity index (χ4n) is 1.68. The van der Waals surface area contributed by atoms with E-state index in [2.05, 4.69) is 10.4 Å². The van der Waals surface area contributed by atoms with Crippen molar-refractivity contribution in [3.8, 4) is 0 Å². The molecule has 0 unspecified atom stereocenters. The molecule has 0 fully saturated rings. The Balaban J connectivity index is 2.25. The van der Waals surface area contributed by atoms with E-state index in [1.165, 1.54) is 22.9 Å². The van der Waals surface area contributed by atoms with Crippen molar-refractivity contribution in [2.24, 2.45) is 12.2 Å². The number of rotatable bonds is 3. The van der Waals surface area contributed by atoms with Gasteiger partial charge >= 0.3 is 0 Å². The first-order valence-corrected chi connectivity index (χ1v) is 7.26. The SMILES string of the molecule is Cc1cc(S(N)(=O)=O)ccc1NC(=O)c1ccn(C)n1. The predicted molar refractivity (Wildman–Crippen MR) is 73.7 cm³/mol. The smallest absolute Gasteiger partial charge is 0.276 e. The topological polar surface area (TPSA) is 107 Å². The third-order valence-corrected chi connectivity index (χ3v) is 3.63. The second kappa shape index (κ2) is 5.06. The van der Waals surface area contributed by atoms with E-state index >= 15 is 0 Å². The molecule has 2 rings (SSSR count). The van der Waals surface area contributed by atoms with Crippen LogP contribution in [0.2, 0.25) is 0 Å². The number of nitrogens with one attached hydrogen (secondary N) is 1. The summed E-state index contributed by atoms with van der Waals surface area (Å²) in [6.45, 7) is 1.68. The molecule has 7 nitrogen and oxygen atoms in total. The average molecular weight is 294 g/mol. The Morgan fingerprint density at radius 2 is 2.05 bits per heavy atom. The van der Waals surface area contributed by atoms with Crippen LogP contribution in [0.15, 0.2) is 35.4 Å². The van der Waals surface area contributed by atoms with Crippen LogP contribution in [0.3, 0.4) is 0 Å². The summed E-state index contributed by atoms with van der Waals surface area (Å²) in [4.78, 5) is 11.9. The van der Waals surface area contributed by atoms with Gasteiger partial charge in [0, 0.05) is 18.9 Å². The van der Waals surface area contributed by atoms with E-state index in [0.717, 1.165) is 0 Å². The van der Waals surface area contributed by atoms with Crippen molar-refractivity contribution in [2.45, 2.75) is 11.8 Å². The first-order chi connectivity index (χ1) is 9.27. The summed E-state index contributed by atoms with van der Waals surface area (Å²) in [6, 6.07) is 5.83. The maximum atomic E-state index is 11.9. The van der Waals surface area contributed by atoms with Gasteiger partial charge in [0.15, 0.2) is 5.69 Å². The third-order valence-electron chi connectivity index (χ3n) is 2.72. The Labute approximate surface area is 116 Å². The molecule has 1 amide bonds. The molecule has 1 heterocycles. The van der Waals surface area contributed by atoms with Crippen LogP contribution in [0.1, 0.15) is 16.1 Å². The standard InChI is InChI=1S/C12H14N4O3S/c1-8-7-9(20(13,18)19)3-4-10(8)14-12(17)11-5-6-16(2)15-11/h3-7H,1-2H3,(H,14,17)(H2,13,18,19). The van der Waals surface area contributed by atoms with E-state index in [9.17, 15) is 13.2 Å². The second-order valence-corrected chi connectivity index (χ2v) is 5.91. The van der Waals surface area contributed by atoms with Gasteiger partial charge in [0.2, 0.25) is 10.0 Å². The van der Waals surface area contributed by atoms with Crippen molar-refractivity contribution >= 4 is 21.6 Å². The van der Waals surface area contributed by atoms with Crippen molar-refractivity contribution in [1.82, 2.24) is 9.78 Å². The highest BCUT2D eigenvalue weighted by atomic mass is 32.2. The van der Waals surface area contributed by atoms with E-state index in [1.807, 2.05) is 0 Å². The van der Waals surface area contributed by atoms with Crippen molar-refractivity contribution in [3.63, 3.8) is 0 Å². The molecule has 1 aromatic carbocycles. The fraction of sp³-hybridized carbons (Fsp3) is 0.167. The summed E-state index contributed by atoms with van der Waals surface area (Å²) < 4.78 is 24.0. The van der Waals surface area contributed by atoms with Crippen LogP contribution in [0.5, 0.6) is 0 Å². The second-order valence-electron chi connectivity index (χ2n) is 4.35. The largest absolute Gasteiger partial charge is 0.320 e. The zero-order valence-electron chi connectivity index (χ0n) is 11.0. The minimum atomic E-state index is -3.75. The van der Waals surface area contributed by atoms with Crippen LogP contribution in [0, 0.1) is 6.92 Å². The molecule has 0 bridgehead atoms. The summed E-state index contributed by atoms with van der Waals surface area (Å²) in [5, 5.41) is 11.7. The molecule has 0 spiro atoms. The lowest BCUT2D eigenvalue weighted by Crippen LogP contribution is -2.15. The molecule has 2 aromatic rings. The first kappa shape index (κ1) is 14.2. The zero-order chi connectivity index (χ0) is 14.9. The normalized spacial score (nSPS) is 11.3. The Morgan fingerprint density at radius 3 is 2.55 bits per heavy atom. The van der Waals surface area contributed by atoms with E-state index in [0.29, 0.717) is 11.3 Å². The summed E-state index contributed by atoms with van der Waals surface area (Å²) in [6.07, 6.45) is 1.66. The maximum absolute atomic E-state index is 11.9. The highest BCUT2D eigenvalue weighted by Gasteiger charge is 2.13. The molecule has 0 atom stereocenters. The average Bonchev–Trinajstić information content (AvgIpc) is 2.77. The number of anilines is 1. The lowest BCUT2D eigenvalue weighted by molar-refractivity contribution is 0.102. The molecule has 3 N–H and O–H groups in total. The van der Waals surface area contributed by atoms with Crippen molar-refractivity contribution in [1.29, 1.82) is 0 Å². The van der Waals surface area contributed by atoms with E-state index in [4.69, 9.17) is 5.14 Å². The summed E-state index contributed by atoms with van der Waals surface area (Å²) in [5.74, 6) is -0.364. The molecule has 106 valence electrons. The number of aromatic nitrogens is 2. The lowest BCUT2D eigenvalue weighted by Gasteiger charge is -2.08. The summed E-state index contributed by atoms with van der Waals surface area (Å²) >= 11 is 0. The van der Waals surface area contributed by atoms with Crippen LogP contribution >= 0.6 is 0 Å². The number of carbonyl (C=O) groups is 1. The number of primary sulfonamides is 1. The predicted octanol–water partition coefficient (Wildman–Crippen LogP) is 0.628. The van der Waals surface area contributed by atoms with Crippen LogP contribution in [0.4, 0.5) is 5.69 Å². The maximum Gasteiger partial charge on any atom is 0.276 e. The van der Waals surface area contributed by atoms with Crippen molar-refractivity contribution in [3.05, 3.63) is 41.7 Å². The number of hydrogen-bond donors (Lipinski definition) is 2. The Bertz CT molecular complexity index is 765. The van der Waals surface area contributed by atoms with Gasteiger partial charge in [-0.3, -0.25) is 9.48 Å². The Morgan fingerprint density at radius 1 is 1.35 bits per heavy atom. The number of benzene rings is 1. The van der Waals surface area contributed by atoms with E-state index in [-0.39, 0.29) is 16.5 Å². The molecule has 0 saturated carbocycles. The number of carbonyl (C=O) groups excluding carboxylic acids is 1. The van der Waals surface area contributed by atoms with Crippen molar-refractivity contribution in [2.75, 3.05) is 5.32 Å². The Kier molecular flexibility index (Phi) is 3.60. The first-order valence-electron chi connectivity index (χ1n) is 5.72. The highest BCUT2D eigenvalue weighted by molar-refractivity contribution is 7.89. The number of sulfonamides is 1. The highest BCUT2D eigenvalue weighted by Crippen LogP contribution is 2.19. The zero-order valence-corrected chi connectivity index (χ0v) is 11.8. The summed E-state index contributed by atoms with van der Waals surface area (Å²) in [5.41, 5.74) is 1.39. The van der Waals surface area contributed by atoms with Crippen LogP contribution < -0.4 is 10.5 Å². The van der Waals surface area contributed by atoms with Gasteiger partial charge in [0.05, 0.1) is 4.90 Å². The van der Waals surface area contributed by atoms with Gasteiger partial charge < -0.3 is 5.32 Å². The van der Waals surface area contributed by atoms with Gasteiger partial charge in [0.25, 0.3) is 5.91 Å². The van der Waals surface area contributed by atoms with Gasteiger partial charge in [-0.25, -0.2) is 13.6 Å². The van der Waals surface area contributed by atoms with E-state index in [1.54, 1.807) is 26.2 Å². The van der Waals surface area contributed by atoms with E-state index < -0.39 is 10.0 Å². The summed E-state index contributed by atoms with van der Waals surface area (Å²) in [7, 11) is -2.04. The quantitative estimate of drug-likeness (QED) is 0.865. The molecule has 1 aromatic heterocycles. The molecule has 0 radical (unpaired) electrons. The van der Waals surface area contributed by atoms with Gasteiger partial charge in [0.1, 0.15) is 0 Å². The number of aryl methyl sites for hydroxylation is 2. The minimum absolute atomic E-state index is 0.00540. The molecule has 0 aliphatic carbocycles. The minimum Gasteiger partial charge on any atom is -0.320 e. The van der Waals surface area contributed by atoms with Crippen LogP contribution in [0.25, 0.3) is 0 Å².